The maximum atomic E-state index is 13.0. The molecule has 0 bridgehead atoms. The molecule has 0 aliphatic rings. The summed E-state index contributed by atoms with van der Waals surface area (Å²) in [6, 6.07) is 10.1. The molecule has 0 saturated carbocycles. The second kappa shape index (κ2) is 4.85. The molecule has 3 aromatic rings. The van der Waals surface area contributed by atoms with Gasteiger partial charge in [-0.2, -0.15) is 0 Å². The van der Waals surface area contributed by atoms with Gasteiger partial charge < -0.3 is 5.32 Å². The zero-order chi connectivity index (χ0) is 13.2. The minimum Gasteiger partial charge on any atom is -0.379 e. The standard InChI is InChI=1S/C13H9ClFN3O/c14-9-6-8(4-5-10(9)15)7-16-11-2-1-3-12-13(11)18-19-17-12/h1-6,16H,7H2. The molecule has 1 aromatic heterocycles. The van der Waals surface area contributed by atoms with Crippen molar-refractivity contribution in [2.24, 2.45) is 0 Å². The Morgan fingerprint density at radius 1 is 1.21 bits per heavy atom. The lowest BCUT2D eigenvalue weighted by Crippen LogP contribution is -2.00. The molecule has 0 unspecified atom stereocenters. The van der Waals surface area contributed by atoms with Crippen LogP contribution < -0.4 is 5.32 Å². The third-order valence-electron chi connectivity index (χ3n) is 2.75. The van der Waals surface area contributed by atoms with E-state index in [1.807, 2.05) is 18.2 Å². The van der Waals surface area contributed by atoms with Gasteiger partial charge in [0.15, 0.2) is 5.52 Å². The van der Waals surface area contributed by atoms with Crippen LogP contribution in [0.25, 0.3) is 11.0 Å². The van der Waals surface area contributed by atoms with Gasteiger partial charge in [-0.25, -0.2) is 9.02 Å². The number of aromatic nitrogens is 2. The smallest absolute Gasteiger partial charge is 0.158 e. The van der Waals surface area contributed by atoms with E-state index in [9.17, 15) is 4.39 Å². The first-order valence-corrected chi connectivity index (χ1v) is 6.01. The Bertz CT molecular complexity index is 729. The van der Waals surface area contributed by atoms with Gasteiger partial charge in [-0.3, -0.25) is 0 Å². The highest BCUT2D eigenvalue weighted by molar-refractivity contribution is 6.30. The van der Waals surface area contributed by atoms with E-state index in [0.717, 1.165) is 11.3 Å². The molecule has 2 aromatic carbocycles. The first kappa shape index (κ1) is 11.9. The van der Waals surface area contributed by atoms with E-state index in [4.69, 9.17) is 11.6 Å². The Labute approximate surface area is 113 Å². The van der Waals surface area contributed by atoms with Gasteiger partial charge in [0, 0.05) is 6.54 Å². The van der Waals surface area contributed by atoms with Crippen LogP contribution in [0.4, 0.5) is 10.1 Å². The molecule has 96 valence electrons. The highest BCUT2D eigenvalue weighted by atomic mass is 35.5. The highest BCUT2D eigenvalue weighted by Gasteiger charge is 2.06. The molecule has 0 spiro atoms. The van der Waals surface area contributed by atoms with E-state index in [1.54, 1.807) is 12.1 Å². The van der Waals surface area contributed by atoms with Crippen LogP contribution >= 0.6 is 11.6 Å². The summed E-state index contributed by atoms with van der Waals surface area (Å²) in [6.07, 6.45) is 0. The van der Waals surface area contributed by atoms with Crippen molar-refractivity contribution in [3.63, 3.8) is 0 Å². The van der Waals surface area contributed by atoms with Crippen LogP contribution in [0.5, 0.6) is 0 Å². The molecule has 0 fully saturated rings. The maximum Gasteiger partial charge on any atom is 0.158 e. The van der Waals surface area contributed by atoms with E-state index in [0.29, 0.717) is 17.6 Å². The van der Waals surface area contributed by atoms with E-state index < -0.39 is 5.82 Å². The topological polar surface area (TPSA) is 51.0 Å². The van der Waals surface area contributed by atoms with Crippen molar-refractivity contribution >= 4 is 28.3 Å². The molecule has 4 nitrogen and oxygen atoms in total. The minimum atomic E-state index is -0.423. The SMILES string of the molecule is Fc1ccc(CNc2cccc3nonc23)cc1Cl. The highest BCUT2D eigenvalue weighted by Crippen LogP contribution is 2.21. The summed E-state index contributed by atoms with van der Waals surface area (Å²) in [5, 5.41) is 10.9. The van der Waals surface area contributed by atoms with Gasteiger partial charge in [0.05, 0.1) is 10.7 Å². The summed E-state index contributed by atoms with van der Waals surface area (Å²) in [6.45, 7) is 0.506. The van der Waals surface area contributed by atoms with Gasteiger partial charge in [-0.15, -0.1) is 0 Å². The molecule has 1 N–H and O–H groups in total. The molecule has 3 rings (SSSR count). The van der Waals surface area contributed by atoms with E-state index >= 15 is 0 Å². The fourth-order valence-corrected chi connectivity index (χ4v) is 2.00. The van der Waals surface area contributed by atoms with Gasteiger partial charge >= 0.3 is 0 Å². The summed E-state index contributed by atoms with van der Waals surface area (Å²) in [7, 11) is 0. The number of nitrogens with zero attached hydrogens (tertiary/aromatic N) is 2. The Hall–Kier alpha value is -2.14. The third-order valence-corrected chi connectivity index (χ3v) is 3.04. The number of nitrogens with one attached hydrogen (secondary N) is 1. The van der Waals surface area contributed by atoms with Crippen LogP contribution in [0.3, 0.4) is 0 Å². The van der Waals surface area contributed by atoms with Crippen molar-refractivity contribution < 1.29 is 9.02 Å². The molecule has 1 heterocycles. The normalized spacial score (nSPS) is 10.8. The number of anilines is 1. The lowest BCUT2D eigenvalue weighted by Gasteiger charge is -2.07. The van der Waals surface area contributed by atoms with Crippen LogP contribution in [0.2, 0.25) is 5.02 Å². The van der Waals surface area contributed by atoms with Gasteiger partial charge in [0.1, 0.15) is 11.3 Å². The number of hydrogen-bond acceptors (Lipinski definition) is 4. The summed E-state index contributed by atoms with van der Waals surface area (Å²) in [5.41, 5.74) is 3.02. The van der Waals surface area contributed by atoms with Gasteiger partial charge in [0.25, 0.3) is 0 Å². The van der Waals surface area contributed by atoms with E-state index in [1.165, 1.54) is 6.07 Å². The second-order valence-electron chi connectivity index (χ2n) is 4.04. The lowest BCUT2D eigenvalue weighted by molar-refractivity contribution is 0.315. The molecule has 0 atom stereocenters. The van der Waals surface area contributed by atoms with Crippen molar-refractivity contribution in [3.8, 4) is 0 Å². The fourth-order valence-electron chi connectivity index (χ4n) is 1.80. The molecule has 0 aliphatic carbocycles. The zero-order valence-corrected chi connectivity index (χ0v) is 10.5. The fraction of sp³-hybridized carbons (Fsp3) is 0.0769. The predicted octanol–water partition coefficient (Wildman–Crippen LogP) is 3.63. The third kappa shape index (κ3) is 2.37. The molecule has 6 heteroatoms. The maximum absolute atomic E-state index is 13.0. The molecule has 0 radical (unpaired) electrons. The van der Waals surface area contributed by atoms with Crippen molar-refractivity contribution in [3.05, 3.63) is 52.8 Å². The average molecular weight is 278 g/mol. The zero-order valence-electron chi connectivity index (χ0n) is 9.73. The van der Waals surface area contributed by atoms with Crippen LogP contribution in [0.1, 0.15) is 5.56 Å². The number of rotatable bonds is 3. The van der Waals surface area contributed by atoms with Crippen molar-refractivity contribution in [2.75, 3.05) is 5.32 Å². The molecule has 0 amide bonds. The van der Waals surface area contributed by atoms with Crippen LogP contribution in [0, 0.1) is 5.82 Å². The van der Waals surface area contributed by atoms with E-state index in [-0.39, 0.29) is 5.02 Å². The Balaban J connectivity index is 1.82. The number of benzene rings is 2. The first-order chi connectivity index (χ1) is 9.24. The molecular weight excluding hydrogens is 269 g/mol. The van der Waals surface area contributed by atoms with Crippen LogP contribution in [-0.4, -0.2) is 10.3 Å². The summed E-state index contributed by atoms with van der Waals surface area (Å²) in [4.78, 5) is 0. The quantitative estimate of drug-likeness (QED) is 0.794. The molecular formula is C13H9ClFN3O. The molecule has 19 heavy (non-hydrogen) atoms. The minimum absolute atomic E-state index is 0.112. The lowest BCUT2D eigenvalue weighted by atomic mass is 10.2. The number of halogens is 2. The Morgan fingerprint density at radius 2 is 2.11 bits per heavy atom. The summed E-state index contributed by atoms with van der Waals surface area (Å²) >= 11 is 5.73. The monoisotopic (exact) mass is 277 g/mol. The molecule has 0 saturated heterocycles. The number of hydrogen-bond donors (Lipinski definition) is 1. The Morgan fingerprint density at radius 3 is 2.95 bits per heavy atom. The van der Waals surface area contributed by atoms with Gasteiger partial charge in [0.2, 0.25) is 0 Å². The van der Waals surface area contributed by atoms with Crippen LogP contribution in [-0.2, 0) is 6.54 Å². The van der Waals surface area contributed by atoms with E-state index in [2.05, 4.69) is 20.3 Å². The summed E-state index contributed by atoms with van der Waals surface area (Å²) < 4.78 is 17.7. The second-order valence-corrected chi connectivity index (χ2v) is 4.45. The first-order valence-electron chi connectivity index (χ1n) is 5.63. The van der Waals surface area contributed by atoms with Crippen molar-refractivity contribution in [1.82, 2.24) is 10.3 Å². The average Bonchev–Trinajstić information content (AvgIpc) is 2.89. The largest absolute Gasteiger partial charge is 0.379 e. The Kier molecular flexibility index (Phi) is 3.05. The van der Waals surface area contributed by atoms with Crippen LogP contribution in [0.15, 0.2) is 41.0 Å². The molecule has 0 aliphatic heterocycles. The van der Waals surface area contributed by atoms with Crippen molar-refractivity contribution in [1.29, 1.82) is 0 Å². The van der Waals surface area contributed by atoms with Crippen molar-refractivity contribution in [2.45, 2.75) is 6.54 Å². The van der Waals surface area contributed by atoms with Gasteiger partial charge in [-0.05, 0) is 40.1 Å². The number of fused-ring (bicyclic) bond motifs is 1. The van der Waals surface area contributed by atoms with Gasteiger partial charge in [-0.1, -0.05) is 23.7 Å². The predicted molar refractivity (Wildman–Crippen MR) is 70.5 cm³/mol. The summed E-state index contributed by atoms with van der Waals surface area (Å²) in [5.74, 6) is -0.423.